The molecule has 2 rings (SSSR count). The Morgan fingerprint density at radius 1 is 1.40 bits per heavy atom. The fraction of sp³-hybridized carbons (Fsp3) is 0.182. The maximum absolute atomic E-state index is 9.93. The number of H-pyrrole nitrogens is 1. The third-order valence-corrected chi connectivity index (χ3v) is 2.55. The number of hydrogen-bond acceptors (Lipinski definition) is 2. The van der Waals surface area contributed by atoms with Crippen molar-refractivity contribution < 1.29 is 5.11 Å². The Bertz CT molecular complexity index is 428. The van der Waals surface area contributed by atoms with Crippen molar-refractivity contribution in [2.75, 3.05) is 0 Å². The molecule has 0 fully saturated rings. The minimum Gasteiger partial charge on any atom is -0.388 e. The lowest BCUT2D eigenvalue weighted by atomic mass is 10.1. The number of hydrogen-bond donors (Lipinski definition) is 2. The van der Waals surface area contributed by atoms with E-state index in [0.717, 1.165) is 11.4 Å². The largest absolute Gasteiger partial charge is 0.388 e. The van der Waals surface area contributed by atoms with Gasteiger partial charge in [-0.2, -0.15) is 0 Å². The highest BCUT2D eigenvalue weighted by Crippen LogP contribution is 2.24. The highest BCUT2D eigenvalue weighted by Gasteiger charge is 2.12. The van der Waals surface area contributed by atoms with Gasteiger partial charge in [0.15, 0.2) is 0 Å². The van der Waals surface area contributed by atoms with E-state index in [1.165, 1.54) is 0 Å². The number of aliphatic hydroxyl groups is 1. The van der Waals surface area contributed by atoms with E-state index in [1.54, 1.807) is 18.5 Å². The van der Waals surface area contributed by atoms with Gasteiger partial charge in [-0.05, 0) is 11.6 Å². The van der Waals surface area contributed by atoms with Crippen LogP contribution in [0.2, 0.25) is 5.02 Å². The Labute approximate surface area is 92.7 Å². The monoisotopic (exact) mass is 222 g/mol. The number of aromatic nitrogens is 2. The number of aromatic amines is 1. The van der Waals surface area contributed by atoms with Crippen LogP contribution >= 0.6 is 11.6 Å². The molecule has 0 aliphatic heterocycles. The molecule has 0 saturated carbocycles. The molecule has 15 heavy (non-hydrogen) atoms. The van der Waals surface area contributed by atoms with E-state index in [2.05, 4.69) is 9.97 Å². The molecule has 3 nitrogen and oxygen atoms in total. The van der Waals surface area contributed by atoms with E-state index in [4.69, 9.17) is 11.6 Å². The first kappa shape index (κ1) is 10.2. The predicted molar refractivity (Wildman–Crippen MR) is 58.7 cm³/mol. The van der Waals surface area contributed by atoms with E-state index in [-0.39, 0.29) is 0 Å². The van der Waals surface area contributed by atoms with Crippen LogP contribution < -0.4 is 0 Å². The number of aliphatic hydroxyl groups excluding tert-OH is 1. The smallest absolute Gasteiger partial charge is 0.108 e. The van der Waals surface area contributed by atoms with Gasteiger partial charge in [0.25, 0.3) is 0 Å². The lowest BCUT2D eigenvalue weighted by molar-refractivity contribution is 0.176. The molecule has 0 radical (unpaired) electrons. The summed E-state index contributed by atoms with van der Waals surface area (Å²) in [6.07, 6.45) is 3.21. The molecule has 1 atom stereocenters. The van der Waals surface area contributed by atoms with Gasteiger partial charge in [-0.3, -0.25) is 0 Å². The average Bonchev–Trinajstić information content (AvgIpc) is 2.71. The van der Waals surface area contributed by atoms with Gasteiger partial charge >= 0.3 is 0 Å². The quantitative estimate of drug-likeness (QED) is 0.838. The molecule has 0 bridgehead atoms. The zero-order valence-corrected chi connectivity index (χ0v) is 8.78. The van der Waals surface area contributed by atoms with Crippen molar-refractivity contribution >= 4 is 11.6 Å². The maximum atomic E-state index is 9.93. The van der Waals surface area contributed by atoms with Gasteiger partial charge in [0.1, 0.15) is 5.82 Å². The molecule has 1 aromatic carbocycles. The van der Waals surface area contributed by atoms with Crippen molar-refractivity contribution in [1.29, 1.82) is 0 Å². The molecule has 2 aromatic rings. The molecule has 1 heterocycles. The van der Waals surface area contributed by atoms with Gasteiger partial charge in [-0.15, -0.1) is 0 Å². The van der Waals surface area contributed by atoms with E-state index in [0.29, 0.717) is 11.4 Å². The highest BCUT2D eigenvalue weighted by atomic mass is 35.5. The van der Waals surface area contributed by atoms with Crippen LogP contribution in [-0.4, -0.2) is 15.1 Å². The van der Waals surface area contributed by atoms with Crippen molar-refractivity contribution in [3.8, 4) is 0 Å². The second kappa shape index (κ2) is 4.47. The Kier molecular flexibility index (Phi) is 3.04. The Morgan fingerprint density at radius 2 is 2.20 bits per heavy atom. The Morgan fingerprint density at radius 3 is 2.87 bits per heavy atom. The van der Waals surface area contributed by atoms with Gasteiger partial charge in [0.05, 0.1) is 6.10 Å². The summed E-state index contributed by atoms with van der Waals surface area (Å²) in [4.78, 5) is 7.00. The summed E-state index contributed by atoms with van der Waals surface area (Å²) in [7, 11) is 0. The van der Waals surface area contributed by atoms with Gasteiger partial charge in [-0.25, -0.2) is 4.98 Å². The first-order chi connectivity index (χ1) is 7.27. The first-order valence-electron chi connectivity index (χ1n) is 4.68. The third-order valence-electron chi connectivity index (χ3n) is 2.21. The number of rotatable bonds is 3. The molecule has 0 aliphatic carbocycles. The van der Waals surface area contributed by atoms with Crippen molar-refractivity contribution in [2.45, 2.75) is 12.5 Å². The summed E-state index contributed by atoms with van der Waals surface area (Å²) < 4.78 is 0. The van der Waals surface area contributed by atoms with E-state index >= 15 is 0 Å². The molecule has 0 amide bonds. The molecular weight excluding hydrogens is 212 g/mol. The average molecular weight is 223 g/mol. The molecule has 0 spiro atoms. The van der Waals surface area contributed by atoms with E-state index < -0.39 is 6.10 Å². The number of nitrogens with zero attached hydrogens (tertiary/aromatic N) is 1. The zero-order valence-electron chi connectivity index (χ0n) is 8.02. The summed E-state index contributed by atoms with van der Waals surface area (Å²) in [6, 6.07) is 7.27. The highest BCUT2D eigenvalue weighted by molar-refractivity contribution is 6.31. The van der Waals surface area contributed by atoms with Crippen LogP contribution in [0, 0.1) is 0 Å². The predicted octanol–water partition coefficient (Wildman–Crippen LogP) is 2.34. The Hall–Kier alpha value is -1.32. The SMILES string of the molecule is OC(Cc1ncc[nH]1)c1ccccc1Cl. The van der Waals surface area contributed by atoms with Gasteiger partial charge in [0, 0.05) is 23.8 Å². The third kappa shape index (κ3) is 2.37. The topological polar surface area (TPSA) is 48.9 Å². The van der Waals surface area contributed by atoms with Gasteiger partial charge < -0.3 is 10.1 Å². The summed E-state index contributed by atoms with van der Waals surface area (Å²) >= 11 is 5.97. The fourth-order valence-corrected chi connectivity index (χ4v) is 1.71. The van der Waals surface area contributed by atoms with Crippen LogP contribution in [0.3, 0.4) is 0 Å². The van der Waals surface area contributed by atoms with Crippen LogP contribution in [0.5, 0.6) is 0 Å². The van der Waals surface area contributed by atoms with Crippen LogP contribution in [0.25, 0.3) is 0 Å². The summed E-state index contributed by atoms with van der Waals surface area (Å²) in [5, 5.41) is 10.5. The first-order valence-corrected chi connectivity index (χ1v) is 5.06. The molecule has 0 aliphatic rings. The molecule has 2 N–H and O–H groups in total. The van der Waals surface area contributed by atoms with Crippen molar-refractivity contribution in [1.82, 2.24) is 9.97 Å². The van der Waals surface area contributed by atoms with Crippen LogP contribution in [-0.2, 0) is 6.42 Å². The molecule has 0 saturated heterocycles. The van der Waals surface area contributed by atoms with Crippen molar-refractivity contribution in [3.05, 3.63) is 53.1 Å². The summed E-state index contributed by atoms with van der Waals surface area (Å²) in [5.74, 6) is 0.752. The number of imidazole rings is 1. The Balaban J connectivity index is 2.15. The maximum Gasteiger partial charge on any atom is 0.108 e. The zero-order chi connectivity index (χ0) is 10.7. The molecular formula is C11H11ClN2O. The van der Waals surface area contributed by atoms with Crippen LogP contribution in [0.15, 0.2) is 36.7 Å². The molecule has 78 valence electrons. The van der Waals surface area contributed by atoms with Gasteiger partial charge in [-0.1, -0.05) is 29.8 Å². The minimum atomic E-state index is -0.621. The van der Waals surface area contributed by atoms with Gasteiger partial charge in [0.2, 0.25) is 0 Å². The number of benzene rings is 1. The van der Waals surface area contributed by atoms with Crippen molar-refractivity contribution in [2.24, 2.45) is 0 Å². The molecule has 1 aromatic heterocycles. The lowest BCUT2D eigenvalue weighted by Crippen LogP contribution is -2.03. The normalized spacial score (nSPS) is 12.7. The number of nitrogens with one attached hydrogen (secondary N) is 1. The lowest BCUT2D eigenvalue weighted by Gasteiger charge is -2.10. The van der Waals surface area contributed by atoms with E-state index in [9.17, 15) is 5.11 Å². The second-order valence-electron chi connectivity index (χ2n) is 3.28. The minimum absolute atomic E-state index is 0.441. The van der Waals surface area contributed by atoms with Crippen LogP contribution in [0.4, 0.5) is 0 Å². The second-order valence-corrected chi connectivity index (χ2v) is 3.68. The number of halogens is 1. The molecule has 1 unspecified atom stereocenters. The summed E-state index contributed by atoms with van der Waals surface area (Å²) in [6.45, 7) is 0. The fourth-order valence-electron chi connectivity index (χ4n) is 1.45. The van der Waals surface area contributed by atoms with E-state index in [1.807, 2.05) is 18.2 Å². The van der Waals surface area contributed by atoms with Crippen molar-refractivity contribution in [3.63, 3.8) is 0 Å². The summed E-state index contributed by atoms with van der Waals surface area (Å²) in [5.41, 5.74) is 0.732. The molecule has 4 heteroatoms. The standard InChI is InChI=1S/C11H11ClN2O/c12-9-4-2-1-3-8(9)10(15)7-11-13-5-6-14-11/h1-6,10,15H,7H2,(H,13,14). The van der Waals surface area contributed by atoms with Crippen LogP contribution in [0.1, 0.15) is 17.5 Å².